The van der Waals surface area contributed by atoms with Gasteiger partial charge in [-0.1, -0.05) is 12.1 Å². The quantitative estimate of drug-likeness (QED) is 0.916. The van der Waals surface area contributed by atoms with Crippen LogP contribution in [-0.4, -0.2) is 8.42 Å². The maximum Gasteiger partial charge on any atom is 0.271 e. The maximum absolute atomic E-state index is 13.6. The molecule has 1 heterocycles. The molecular weight excluding hydrogens is 341 g/mol. The molecule has 18 heavy (non-hydrogen) atoms. The van der Waals surface area contributed by atoms with E-state index in [0.717, 1.165) is 11.3 Å². The summed E-state index contributed by atoms with van der Waals surface area (Å²) in [7, 11) is -3.74. The highest BCUT2D eigenvalue weighted by Gasteiger charge is 2.19. The summed E-state index contributed by atoms with van der Waals surface area (Å²) in [6.45, 7) is 1.64. The summed E-state index contributed by atoms with van der Waals surface area (Å²) in [6.07, 6.45) is 0. The molecule has 1 N–H and O–H groups in total. The van der Waals surface area contributed by atoms with E-state index < -0.39 is 15.8 Å². The molecule has 2 rings (SSSR count). The molecule has 1 aromatic heterocycles. The van der Waals surface area contributed by atoms with Gasteiger partial charge >= 0.3 is 0 Å². The lowest BCUT2D eigenvalue weighted by atomic mass is 10.2. The number of aryl methyl sites for hydroxylation is 1. The third-order valence-corrected chi connectivity index (χ3v) is 5.74. The minimum absolute atomic E-state index is 0.0120. The molecule has 0 aliphatic rings. The number of halogens is 2. The van der Waals surface area contributed by atoms with Gasteiger partial charge in [-0.05, 0) is 46.6 Å². The number of hydrogen-bond donors (Lipinski definition) is 1. The van der Waals surface area contributed by atoms with Crippen molar-refractivity contribution in [1.29, 1.82) is 0 Å². The van der Waals surface area contributed by atoms with Gasteiger partial charge in [0.25, 0.3) is 10.0 Å². The Balaban J connectivity index is 2.40. The van der Waals surface area contributed by atoms with E-state index in [2.05, 4.69) is 20.7 Å². The van der Waals surface area contributed by atoms with Crippen molar-refractivity contribution in [2.45, 2.75) is 11.1 Å². The van der Waals surface area contributed by atoms with E-state index in [1.54, 1.807) is 19.1 Å². The molecule has 96 valence electrons. The predicted molar refractivity (Wildman–Crippen MR) is 74.0 cm³/mol. The maximum atomic E-state index is 13.6. The SMILES string of the molecule is Cc1cccc(F)c1NS(=O)(=O)c1ccc(Br)s1. The topological polar surface area (TPSA) is 46.2 Å². The molecular formula is C11H9BrFNO2S2. The highest BCUT2D eigenvalue weighted by Crippen LogP contribution is 2.29. The van der Waals surface area contributed by atoms with Crippen LogP contribution in [0.25, 0.3) is 0 Å². The number of rotatable bonds is 3. The van der Waals surface area contributed by atoms with Crippen molar-refractivity contribution in [2.75, 3.05) is 4.72 Å². The summed E-state index contributed by atoms with van der Waals surface area (Å²) in [5.41, 5.74) is 0.524. The standard InChI is InChI=1S/C11H9BrFNO2S2/c1-7-3-2-4-8(13)11(7)14-18(15,16)10-6-5-9(12)17-10/h2-6,14H,1H3. The lowest BCUT2D eigenvalue weighted by molar-refractivity contribution is 0.600. The van der Waals surface area contributed by atoms with Gasteiger partial charge in [-0.25, -0.2) is 12.8 Å². The number of para-hydroxylation sites is 1. The van der Waals surface area contributed by atoms with Gasteiger partial charge in [0.1, 0.15) is 10.0 Å². The van der Waals surface area contributed by atoms with Crippen LogP contribution in [0.15, 0.2) is 38.3 Å². The largest absolute Gasteiger partial charge is 0.276 e. The first-order valence-corrected chi connectivity index (χ1v) is 8.03. The van der Waals surface area contributed by atoms with Gasteiger partial charge in [0.2, 0.25) is 0 Å². The van der Waals surface area contributed by atoms with Crippen molar-refractivity contribution >= 4 is 43.0 Å². The average Bonchev–Trinajstić information content (AvgIpc) is 2.71. The fraction of sp³-hybridized carbons (Fsp3) is 0.0909. The van der Waals surface area contributed by atoms with Crippen LogP contribution in [0.2, 0.25) is 0 Å². The molecule has 0 fully saturated rings. The highest BCUT2D eigenvalue weighted by molar-refractivity contribution is 9.11. The molecule has 0 amide bonds. The third kappa shape index (κ3) is 2.73. The van der Waals surface area contributed by atoms with Crippen LogP contribution in [0.1, 0.15) is 5.56 Å². The van der Waals surface area contributed by atoms with Crippen molar-refractivity contribution in [2.24, 2.45) is 0 Å². The average molecular weight is 350 g/mol. The molecule has 2 aromatic rings. The van der Waals surface area contributed by atoms with Crippen molar-refractivity contribution in [3.63, 3.8) is 0 Å². The fourth-order valence-corrected chi connectivity index (χ4v) is 4.54. The zero-order valence-corrected chi connectivity index (χ0v) is 12.5. The van der Waals surface area contributed by atoms with E-state index >= 15 is 0 Å². The second-order valence-corrected chi connectivity index (χ2v) is 7.97. The van der Waals surface area contributed by atoms with Crippen molar-refractivity contribution in [3.05, 3.63) is 45.5 Å². The Kier molecular flexibility index (Phi) is 3.74. The highest BCUT2D eigenvalue weighted by atomic mass is 79.9. The Hall–Kier alpha value is -0.920. The molecule has 0 aliphatic heterocycles. The fourth-order valence-electron chi connectivity index (χ4n) is 1.39. The third-order valence-electron chi connectivity index (χ3n) is 2.27. The summed E-state index contributed by atoms with van der Waals surface area (Å²) in [5, 5.41) is 0. The predicted octanol–water partition coefficient (Wildman–Crippen LogP) is 3.76. The monoisotopic (exact) mass is 349 g/mol. The molecule has 0 saturated heterocycles. The van der Waals surface area contributed by atoms with Crippen LogP contribution < -0.4 is 4.72 Å². The molecule has 0 bridgehead atoms. The van der Waals surface area contributed by atoms with Crippen LogP contribution in [0, 0.1) is 12.7 Å². The molecule has 0 unspecified atom stereocenters. The molecule has 0 atom stereocenters. The number of benzene rings is 1. The summed E-state index contributed by atoms with van der Waals surface area (Å²) < 4.78 is 40.7. The minimum Gasteiger partial charge on any atom is -0.276 e. The molecule has 7 heteroatoms. The van der Waals surface area contributed by atoms with Crippen LogP contribution >= 0.6 is 27.3 Å². The van der Waals surface area contributed by atoms with E-state index in [1.165, 1.54) is 18.2 Å². The second-order valence-electron chi connectivity index (χ2n) is 3.60. The minimum atomic E-state index is -3.74. The van der Waals surface area contributed by atoms with Crippen molar-refractivity contribution < 1.29 is 12.8 Å². The lowest BCUT2D eigenvalue weighted by Gasteiger charge is -2.09. The van der Waals surface area contributed by atoms with E-state index in [0.29, 0.717) is 9.35 Å². The molecule has 1 aromatic carbocycles. The zero-order valence-electron chi connectivity index (χ0n) is 9.28. The van der Waals surface area contributed by atoms with E-state index in [1.807, 2.05) is 0 Å². The Morgan fingerprint density at radius 3 is 2.56 bits per heavy atom. The number of anilines is 1. The summed E-state index contributed by atoms with van der Waals surface area (Å²) >= 11 is 4.26. The molecule has 0 aliphatic carbocycles. The zero-order chi connectivity index (χ0) is 13.3. The van der Waals surface area contributed by atoms with Gasteiger partial charge in [0.15, 0.2) is 0 Å². The Morgan fingerprint density at radius 2 is 2.00 bits per heavy atom. The van der Waals surface area contributed by atoms with Crippen LogP contribution in [-0.2, 0) is 10.0 Å². The first-order valence-electron chi connectivity index (χ1n) is 4.93. The number of sulfonamides is 1. The van der Waals surface area contributed by atoms with E-state index in [9.17, 15) is 12.8 Å². The summed E-state index contributed by atoms with van der Waals surface area (Å²) in [6, 6.07) is 7.49. The smallest absolute Gasteiger partial charge is 0.271 e. The normalized spacial score (nSPS) is 11.5. The van der Waals surface area contributed by atoms with Crippen LogP contribution in [0.5, 0.6) is 0 Å². The van der Waals surface area contributed by atoms with Gasteiger partial charge in [0.05, 0.1) is 9.47 Å². The van der Waals surface area contributed by atoms with Gasteiger partial charge in [0, 0.05) is 0 Å². The van der Waals surface area contributed by atoms with E-state index in [4.69, 9.17) is 0 Å². The van der Waals surface area contributed by atoms with Crippen molar-refractivity contribution in [3.8, 4) is 0 Å². The lowest BCUT2D eigenvalue weighted by Crippen LogP contribution is -2.13. The molecule has 0 spiro atoms. The summed E-state index contributed by atoms with van der Waals surface area (Å²) in [5.74, 6) is -0.589. The summed E-state index contributed by atoms with van der Waals surface area (Å²) in [4.78, 5) is 0. The van der Waals surface area contributed by atoms with Gasteiger partial charge in [-0.15, -0.1) is 11.3 Å². The van der Waals surface area contributed by atoms with Gasteiger partial charge < -0.3 is 0 Å². The van der Waals surface area contributed by atoms with Gasteiger partial charge in [-0.2, -0.15) is 0 Å². The molecule has 0 saturated carbocycles. The number of nitrogens with one attached hydrogen (secondary N) is 1. The molecule has 3 nitrogen and oxygen atoms in total. The molecule has 0 radical (unpaired) electrons. The second kappa shape index (κ2) is 4.99. The Morgan fingerprint density at radius 1 is 1.28 bits per heavy atom. The van der Waals surface area contributed by atoms with E-state index in [-0.39, 0.29) is 9.90 Å². The Bertz CT molecular complexity index is 662. The first kappa shape index (κ1) is 13.5. The first-order chi connectivity index (χ1) is 8.40. The van der Waals surface area contributed by atoms with Gasteiger partial charge in [-0.3, -0.25) is 4.72 Å². The van der Waals surface area contributed by atoms with Crippen LogP contribution in [0.4, 0.5) is 10.1 Å². The number of thiophene rings is 1. The van der Waals surface area contributed by atoms with Crippen molar-refractivity contribution in [1.82, 2.24) is 0 Å². The Labute approximate surface area is 117 Å². The van der Waals surface area contributed by atoms with Crippen LogP contribution in [0.3, 0.4) is 0 Å². The number of hydrogen-bond acceptors (Lipinski definition) is 3.